The summed E-state index contributed by atoms with van der Waals surface area (Å²) in [5, 5.41) is 5.74. The maximum atomic E-state index is 12.0. The SMILES string of the molecule is CCOc1ccc(NC(=O)NCC2(OC)CCSCC2)cc1. The van der Waals surface area contributed by atoms with Crippen molar-refractivity contribution in [2.45, 2.75) is 25.4 Å². The van der Waals surface area contributed by atoms with Crippen LogP contribution in [0.1, 0.15) is 19.8 Å². The summed E-state index contributed by atoms with van der Waals surface area (Å²) in [6.45, 7) is 3.10. The van der Waals surface area contributed by atoms with Crippen molar-refractivity contribution in [1.82, 2.24) is 5.32 Å². The van der Waals surface area contributed by atoms with Gasteiger partial charge in [-0.1, -0.05) is 0 Å². The van der Waals surface area contributed by atoms with Crippen LogP contribution in [0.15, 0.2) is 24.3 Å². The van der Waals surface area contributed by atoms with Crippen molar-refractivity contribution in [2.75, 3.05) is 37.1 Å². The minimum atomic E-state index is -0.221. The molecule has 122 valence electrons. The molecule has 1 aliphatic rings. The minimum absolute atomic E-state index is 0.209. The molecule has 1 fully saturated rings. The van der Waals surface area contributed by atoms with Crippen molar-refractivity contribution in [2.24, 2.45) is 0 Å². The summed E-state index contributed by atoms with van der Waals surface area (Å²) in [5.74, 6) is 2.96. The highest BCUT2D eigenvalue weighted by molar-refractivity contribution is 7.99. The van der Waals surface area contributed by atoms with Crippen LogP contribution in [-0.2, 0) is 4.74 Å². The first-order valence-corrected chi connectivity index (χ1v) is 8.73. The maximum Gasteiger partial charge on any atom is 0.319 e. The summed E-state index contributed by atoms with van der Waals surface area (Å²) in [6, 6.07) is 7.13. The average molecular weight is 324 g/mol. The fraction of sp³-hybridized carbons (Fsp3) is 0.562. The third-order valence-electron chi connectivity index (χ3n) is 3.83. The van der Waals surface area contributed by atoms with Crippen LogP contribution in [0, 0.1) is 0 Å². The second kappa shape index (κ2) is 8.29. The number of methoxy groups -OCH3 is 1. The zero-order chi connectivity index (χ0) is 15.8. The highest BCUT2D eigenvalue weighted by atomic mass is 32.2. The number of hydrogen-bond acceptors (Lipinski definition) is 4. The molecule has 2 amide bonds. The lowest BCUT2D eigenvalue weighted by molar-refractivity contribution is -0.0134. The molecule has 0 saturated carbocycles. The molecule has 1 aromatic carbocycles. The Morgan fingerprint density at radius 3 is 2.55 bits per heavy atom. The first-order chi connectivity index (χ1) is 10.7. The summed E-state index contributed by atoms with van der Waals surface area (Å²) >= 11 is 1.93. The van der Waals surface area contributed by atoms with Crippen molar-refractivity contribution in [3.05, 3.63) is 24.3 Å². The first-order valence-electron chi connectivity index (χ1n) is 7.58. The second-order valence-corrected chi connectivity index (χ2v) is 6.49. The Morgan fingerprint density at radius 1 is 1.27 bits per heavy atom. The molecule has 1 aliphatic heterocycles. The number of thioether (sulfide) groups is 1. The largest absolute Gasteiger partial charge is 0.494 e. The summed E-state index contributed by atoms with van der Waals surface area (Å²) in [4.78, 5) is 12.0. The molecular weight excluding hydrogens is 300 g/mol. The number of anilines is 1. The first kappa shape index (κ1) is 17.0. The van der Waals surface area contributed by atoms with Gasteiger partial charge in [-0.15, -0.1) is 0 Å². The van der Waals surface area contributed by atoms with Crippen molar-refractivity contribution >= 4 is 23.5 Å². The van der Waals surface area contributed by atoms with E-state index in [0.29, 0.717) is 13.2 Å². The summed E-state index contributed by atoms with van der Waals surface area (Å²) < 4.78 is 11.0. The number of amides is 2. The van der Waals surface area contributed by atoms with E-state index >= 15 is 0 Å². The van der Waals surface area contributed by atoms with Crippen LogP contribution < -0.4 is 15.4 Å². The fourth-order valence-electron chi connectivity index (χ4n) is 2.41. The Labute approximate surface area is 136 Å². The van der Waals surface area contributed by atoms with Gasteiger partial charge in [-0.2, -0.15) is 11.8 Å². The van der Waals surface area contributed by atoms with Gasteiger partial charge in [0, 0.05) is 19.3 Å². The quantitative estimate of drug-likeness (QED) is 0.844. The van der Waals surface area contributed by atoms with E-state index in [0.717, 1.165) is 35.8 Å². The highest BCUT2D eigenvalue weighted by Gasteiger charge is 2.32. The molecule has 1 saturated heterocycles. The number of ether oxygens (including phenoxy) is 2. The highest BCUT2D eigenvalue weighted by Crippen LogP contribution is 2.29. The standard InChI is InChI=1S/C16H24N2O3S/c1-3-21-14-6-4-13(5-7-14)18-15(19)17-12-16(20-2)8-10-22-11-9-16/h4-7H,3,8-12H2,1-2H3,(H2,17,18,19). The van der Waals surface area contributed by atoms with Crippen LogP contribution >= 0.6 is 11.8 Å². The molecule has 5 nitrogen and oxygen atoms in total. The molecule has 6 heteroatoms. The summed E-state index contributed by atoms with van der Waals surface area (Å²) in [5.41, 5.74) is 0.521. The van der Waals surface area contributed by atoms with E-state index in [9.17, 15) is 4.79 Å². The van der Waals surface area contributed by atoms with Crippen LogP contribution in [0.4, 0.5) is 10.5 Å². The Bertz CT molecular complexity index is 473. The monoisotopic (exact) mass is 324 g/mol. The zero-order valence-electron chi connectivity index (χ0n) is 13.2. The molecule has 0 unspecified atom stereocenters. The fourth-order valence-corrected chi connectivity index (χ4v) is 3.65. The zero-order valence-corrected chi connectivity index (χ0v) is 14.0. The minimum Gasteiger partial charge on any atom is -0.494 e. The van der Waals surface area contributed by atoms with E-state index in [1.165, 1.54) is 0 Å². The van der Waals surface area contributed by atoms with Gasteiger partial charge >= 0.3 is 6.03 Å². The Balaban J connectivity index is 1.81. The number of hydrogen-bond donors (Lipinski definition) is 2. The topological polar surface area (TPSA) is 59.6 Å². The molecule has 0 atom stereocenters. The number of benzene rings is 1. The number of carbonyl (C=O) groups excluding carboxylic acids is 1. The van der Waals surface area contributed by atoms with E-state index in [4.69, 9.17) is 9.47 Å². The van der Waals surface area contributed by atoms with Gasteiger partial charge in [-0.25, -0.2) is 4.79 Å². The van der Waals surface area contributed by atoms with Crippen molar-refractivity contribution in [1.29, 1.82) is 0 Å². The lowest BCUT2D eigenvalue weighted by Gasteiger charge is -2.35. The Morgan fingerprint density at radius 2 is 1.95 bits per heavy atom. The lowest BCUT2D eigenvalue weighted by atomic mass is 9.96. The Kier molecular flexibility index (Phi) is 6.39. The lowest BCUT2D eigenvalue weighted by Crippen LogP contribution is -2.47. The predicted molar refractivity (Wildman–Crippen MR) is 90.9 cm³/mol. The molecule has 0 aliphatic carbocycles. The third kappa shape index (κ3) is 4.81. The molecule has 0 bridgehead atoms. The summed E-state index contributed by atoms with van der Waals surface area (Å²) in [6.07, 6.45) is 1.94. The van der Waals surface area contributed by atoms with E-state index in [1.54, 1.807) is 7.11 Å². The molecule has 1 heterocycles. The van der Waals surface area contributed by atoms with Gasteiger partial charge in [-0.3, -0.25) is 0 Å². The molecule has 0 radical (unpaired) electrons. The number of nitrogens with one attached hydrogen (secondary N) is 2. The molecule has 2 rings (SSSR count). The molecule has 2 N–H and O–H groups in total. The molecular formula is C16H24N2O3S. The van der Waals surface area contributed by atoms with Crippen LogP contribution in [0.2, 0.25) is 0 Å². The van der Waals surface area contributed by atoms with Gasteiger partial charge in [0.05, 0.1) is 12.2 Å². The second-order valence-electron chi connectivity index (χ2n) is 5.26. The maximum absolute atomic E-state index is 12.0. The van der Waals surface area contributed by atoms with Gasteiger partial charge in [0.15, 0.2) is 0 Å². The van der Waals surface area contributed by atoms with E-state index in [-0.39, 0.29) is 11.6 Å². The van der Waals surface area contributed by atoms with Crippen molar-refractivity contribution in [3.8, 4) is 5.75 Å². The van der Waals surface area contributed by atoms with Crippen LogP contribution in [0.3, 0.4) is 0 Å². The van der Waals surface area contributed by atoms with Crippen LogP contribution in [0.25, 0.3) is 0 Å². The molecule has 0 spiro atoms. The number of urea groups is 1. The number of rotatable bonds is 6. The van der Waals surface area contributed by atoms with Crippen LogP contribution in [0.5, 0.6) is 5.75 Å². The number of carbonyl (C=O) groups is 1. The summed E-state index contributed by atoms with van der Waals surface area (Å²) in [7, 11) is 1.72. The van der Waals surface area contributed by atoms with E-state index in [2.05, 4.69) is 10.6 Å². The molecule has 1 aromatic rings. The predicted octanol–water partition coefficient (Wildman–Crippen LogP) is 3.12. The van der Waals surface area contributed by atoms with Crippen LogP contribution in [-0.4, -0.2) is 43.4 Å². The van der Waals surface area contributed by atoms with Crippen molar-refractivity contribution in [3.63, 3.8) is 0 Å². The van der Waals surface area contributed by atoms with Gasteiger partial charge in [0.2, 0.25) is 0 Å². The van der Waals surface area contributed by atoms with Gasteiger partial charge in [0.25, 0.3) is 0 Å². The normalized spacial score (nSPS) is 16.8. The van der Waals surface area contributed by atoms with E-state index in [1.807, 2.05) is 43.0 Å². The van der Waals surface area contributed by atoms with E-state index < -0.39 is 0 Å². The third-order valence-corrected chi connectivity index (χ3v) is 4.82. The smallest absolute Gasteiger partial charge is 0.319 e. The van der Waals surface area contributed by atoms with Crippen molar-refractivity contribution < 1.29 is 14.3 Å². The average Bonchev–Trinajstić information content (AvgIpc) is 2.56. The Hall–Kier alpha value is -1.40. The van der Waals surface area contributed by atoms with Gasteiger partial charge in [0.1, 0.15) is 5.75 Å². The molecule has 0 aromatic heterocycles. The molecule has 22 heavy (non-hydrogen) atoms. The van der Waals surface area contributed by atoms with Gasteiger partial charge in [-0.05, 0) is 55.5 Å². The van der Waals surface area contributed by atoms with Gasteiger partial charge < -0.3 is 20.1 Å².